The molecule has 0 aliphatic carbocycles. The molecular formula is C24H22N6O2. The molecule has 3 aromatic heterocycles. The molecule has 2 aliphatic heterocycles. The quantitative estimate of drug-likeness (QED) is 0.531. The smallest absolute Gasteiger partial charge is 0.259 e. The predicted octanol–water partition coefficient (Wildman–Crippen LogP) is 3.47. The molecule has 0 saturated heterocycles. The van der Waals surface area contributed by atoms with E-state index in [0.717, 1.165) is 33.4 Å². The van der Waals surface area contributed by atoms with Crippen LogP contribution in [-0.4, -0.2) is 42.4 Å². The first-order chi connectivity index (χ1) is 15.5. The van der Waals surface area contributed by atoms with Crippen molar-refractivity contribution in [1.82, 2.24) is 24.1 Å². The van der Waals surface area contributed by atoms with Gasteiger partial charge in [0.1, 0.15) is 0 Å². The first-order valence-corrected chi connectivity index (χ1v) is 10.7. The number of carbonyl (C=O) groups is 2. The fourth-order valence-electron chi connectivity index (χ4n) is 5.03. The Bertz CT molecular complexity index is 1470. The summed E-state index contributed by atoms with van der Waals surface area (Å²) in [5.41, 5.74) is 5.94. The molecule has 1 N–H and O–H groups in total. The summed E-state index contributed by atoms with van der Waals surface area (Å²) in [5, 5.41) is 9.07. The second-order valence-electron chi connectivity index (χ2n) is 8.63. The van der Waals surface area contributed by atoms with Gasteiger partial charge in [0.05, 0.1) is 23.8 Å². The van der Waals surface area contributed by atoms with Crippen LogP contribution >= 0.6 is 0 Å². The molecule has 8 nitrogen and oxygen atoms in total. The molecule has 0 spiro atoms. The average molecular weight is 426 g/mol. The third kappa shape index (κ3) is 2.43. The van der Waals surface area contributed by atoms with Gasteiger partial charge in [0.15, 0.2) is 5.65 Å². The Morgan fingerprint density at radius 2 is 2.06 bits per heavy atom. The zero-order valence-electron chi connectivity index (χ0n) is 18.0. The number of carbonyl (C=O) groups excluding carboxylic acids is 2. The van der Waals surface area contributed by atoms with Crippen molar-refractivity contribution in [2.24, 2.45) is 0 Å². The van der Waals surface area contributed by atoms with E-state index in [9.17, 15) is 9.59 Å². The van der Waals surface area contributed by atoms with Crippen molar-refractivity contribution in [3.05, 3.63) is 71.4 Å². The highest BCUT2D eigenvalue weighted by Crippen LogP contribution is 2.47. The van der Waals surface area contributed by atoms with Crippen LogP contribution in [0.3, 0.4) is 0 Å². The van der Waals surface area contributed by atoms with Gasteiger partial charge in [0, 0.05) is 59.8 Å². The molecule has 32 heavy (non-hydrogen) atoms. The Labute approximate surface area is 184 Å². The fraction of sp³-hybridized carbons (Fsp3) is 0.250. The molecule has 4 aromatic rings. The highest BCUT2D eigenvalue weighted by Gasteiger charge is 2.42. The second kappa shape index (κ2) is 6.53. The third-order valence-electron chi connectivity index (χ3n) is 6.44. The van der Waals surface area contributed by atoms with E-state index in [2.05, 4.69) is 46.1 Å². The molecule has 0 radical (unpaired) electrons. The SMILES string of the molecule is CC(=O)N1CC2=C(C1=O)C(c1cnn3cccnc13)c1cn(C(C)C)c3cccc(c13)N2. The van der Waals surface area contributed by atoms with E-state index in [-0.39, 0.29) is 24.4 Å². The molecule has 1 unspecified atom stereocenters. The van der Waals surface area contributed by atoms with Crippen molar-refractivity contribution >= 4 is 34.1 Å². The van der Waals surface area contributed by atoms with Crippen LogP contribution in [0.15, 0.2) is 60.3 Å². The van der Waals surface area contributed by atoms with E-state index in [1.54, 1.807) is 16.9 Å². The van der Waals surface area contributed by atoms with Crippen LogP contribution in [0, 0.1) is 0 Å². The summed E-state index contributed by atoms with van der Waals surface area (Å²) in [5.74, 6) is -0.925. The maximum atomic E-state index is 13.5. The summed E-state index contributed by atoms with van der Waals surface area (Å²) in [4.78, 5) is 31.6. The lowest BCUT2D eigenvalue weighted by atomic mass is 9.85. The van der Waals surface area contributed by atoms with Gasteiger partial charge in [-0.2, -0.15) is 5.10 Å². The van der Waals surface area contributed by atoms with Crippen LogP contribution in [0.5, 0.6) is 0 Å². The van der Waals surface area contributed by atoms with Crippen molar-refractivity contribution < 1.29 is 9.59 Å². The lowest BCUT2D eigenvalue weighted by Gasteiger charge is -2.18. The number of fused-ring (bicyclic) bond motifs is 1. The number of hydrogen-bond acceptors (Lipinski definition) is 5. The Kier molecular flexibility index (Phi) is 3.83. The third-order valence-corrected chi connectivity index (χ3v) is 6.44. The van der Waals surface area contributed by atoms with Gasteiger partial charge in [-0.3, -0.25) is 14.5 Å². The number of nitrogens with one attached hydrogen (secondary N) is 1. The highest BCUT2D eigenvalue weighted by atomic mass is 16.2. The molecule has 2 aliphatic rings. The first-order valence-electron chi connectivity index (χ1n) is 10.7. The molecule has 1 aromatic carbocycles. The average Bonchev–Trinajstić information content (AvgIpc) is 3.42. The zero-order valence-corrected chi connectivity index (χ0v) is 18.0. The van der Waals surface area contributed by atoms with Crippen LogP contribution in [0.4, 0.5) is 5.69 Å². The minimum atomic E-state index is -0.395. The van der Waals surface area contributed by atoms with E-state index in [1.165, 1.54) is 11.8 Å². The zero-order chi connectivity index (χ0) is 22.1. The van der Waals surface area contributed by atoms with Gasteiger partial charge in [0.25, 0.3) is 5.91 Å². The summed E-state index contributed by atoms with van der Waals surface area (Å²) in [7, 11) is 0. The molecule has 1 atom stereocenters. The number of amides is 2. The van der Waals surface area contributed by atoms with Crippen molar-refractivity contribution in [1.29, 1.82) is 0 Å². The largest absolute Gasteiger partial charge is 0.356 e. The van der Waals surface area contributed by atoms with E-state index in [4.69, 9.17) is 0 Å². The van der Waals surface area contributed by atoms with Gasteiger partial charge < -0.3 is 9.88 Å². The number of benzene rings is 1. The predicted molar refractivity (Wildman–Crippen MR) is 120 cm³/mol. The summed E-state index contributed by atoms with van der Waals surface area (Å²) < 4.78 is 3.95. The van der Waals surface area contributed by atoms with Gasteiger partial charge >= 0.3 is 0 Å². The van der Waals surface area contributed by atoms with Crippen molar-refractivity contribution in [3.8, 4) is 0 Å². The van der Waals surface area contributed by atoms with Crippen molar-refractivity contribution in [2.45, 2.75) is 32.7 Å². The van der Waals surface area contributed by atoms with Gasteiger partial charge in [-0.1, -0.05) is 6.07 Å². The van der Waals surface area contributed by atoms with Gasteiger partial charge in [-0.25, -0.2) is 9.50 Å². The molecule has 0 saturated carbocycles. The Hall–Kier alpha value is -3.94. The summed E-state index contributed by atoms with van der Waals surface area (Å²) in [6, 6.07) is 8.22. The van der Waals surface area contributed by atoms with Crippen LogP contribution in [0.25, 0.3) is 16.6 Å². The molecule has 8 heteroatoms. The molecule has 6 rings (SSSR count). The Morgan fingerprint density at radius 1 is 1.22 bits per heavy atom. The Balaban J connectivity index is 1.70. The van der Waals surface area contributed by atoms with E-state index in [0.29, 0.717) is 11.2 Å². The molecule has 5 heterocycles. The van der Waals surface area contributed by atoms with E-state index < -0.39 is 5.92 Å². The summed E-state index contributed by atoms with van der Waals surface area (Å²) >= 11 is 0. The number of hydrogen-bond donors (Lipinski definition) is 1. The van der Waals surface area contributed by atoms with Gasteiger partial charge in [0.2, 0.25) is 5.91 Å². The minimum Gasteiger partial charge on any atom is -0.356 e. The molecule has 0 bridgehead atoms. The normalized spacial score (nSPS) is 17.9. The van der Waals surface area contributed by atoms with Crippen LogP contribution in [-0.2, 0) is 9.59 Å². The fourth-order valence-corrected chi connectivity index (χ4v) is 5.03. The molecule has 0 fully saturated rings. The van der Waals surface area contributed by atoms with Crippen molar-refractivity contribution in [2.75, 3.05) is 11.9 Å². The van der Waals surface area contributed by atoms with Gasteiger partial charge in [-0.15, -0.1) is 0 Å². The highest BCUT2D eigenvalue weighted by molar-refractivity contribution is 6.11. The number of aromatic nitrogens is 4. The van der Waals surface area contributed by atoms with Gasteiger partial charge in [-0.05, 0) is 37.6 Å². The maximum absolute atomic E-state index is 13.5. The lowest BCUT2D eigenvalue weighted by Crippen LogP contribution is -2.33. The monoisotopic (exact) mass is 426 g/mol. The number of anilines is 1. The number of rotatable bonds is 2. The second-order valence-corrected chi connectivity index (χ2v) is 8.63. The first kappa shape index (κ1) is 18.8. The van der Waals surface area contributed by atoms with Crippen LogP contribution < -0.4 is 5.32 Å². The molecule has 2 amide bonds. The molecular weight excluding hydrogens is 404 g/mol. The van der Waals surface area contributed by atoms with E-state index >= 15 is 0 Å². The van der Waals surface area contributed by atoms with Crippen LogP contribution in [0.1, 0.15) is 43.9 Å². The number of imide groups is 1. The standard InChI is InChI=1S/C24H22N6O2/c1-13(2)28-11-16-20(15-10-26-30-9-5-8-25-23(15)30)22-18(12-29(14(3)31)24(22)32)27-17-6-4-7-19(28)21(16)17/h4-11,13,20,27H,12H2,1-3H3. The maximum Gasteiger partial charge on any atom is 0.259 e. The van der Waals surface area contributed by atoms with Crippen LogP contribution in [0.2, 0.25) is 0 Å². The summed E-state index contributed by atoms with van der Waals surface area (Å²) in [6.07, 6.45) is 7.49. The number of nitrogens with zero attached hydrogens (tertiary/aromatic N) is 5. The topological polar surface area (TPSA) is 84.5 Å². The van der Waals surface area contributed by atoms with E-state index in [1.807, 2.05) is 24.4 Å². The minimum absolute atomic E-state index is 0.234. The molecule has 160 valence electrons. The lowest BCUT2D eigenvalue weighted by molar-refractivity contribution is -0.139. The Morgan fingerprint density at radius 3 is 2.84 bits per heavy atom. The van der Waals surface area contributed by atoms with Crippen molar-refractivity contribution in [3.63, 3.8) is 0 Å². The summed E-state index contributed by atoms with van der Waals surface area (Å²) in [6.45, 7) is 5.95.